The minimum absolute atomic E-state index is 0.166. The molecule has 1 aromatic carbocycles. The molecule has 96 valence electrons. The van der Waals surface area contributed by atoms with Crippen molar-refractivity contribution >= 4 is 11.8 Å². The zero-order chi connectivity index (χ0) is 13.3. The number of hydrogen-bond donors (Lipinski definition) is 0. The van der Waals surface area contributed by atoms with Crippen LogP contribution in [0.2, 0.25) is 0 Å². The number of carbonyl (C=O) groups is 2. The monoisotopic (exact) mass is 247 g/mol. The van der Waals surface area contributed by atoms with Gasteiger partial charge < -0.3 is 4.74 Å². The summed E-state index contributed by atoms with van der Waals surface area (Å²) in [7, 11) is 0. The van der Waals surface area contributed by atoms with Crippen molar-refractivity contribution in [3.8, 4) is 5.75 Å². The van der Waals surface area contributed by atoms with Gasteiger partial charge in [-0.1, -0.05) is 18.2 Å². The average Bonchev–Trinajstić information content (AvgIpc) is 2.53. The molecule has 4 nitrogen and oxygen atoms in total. The lowest BCUT2D eigenvalue weighted by Crippen LogP contribution is -2.45. The molecule has 2 rings (SSSR count). The molecule has 0 bridgehead atoms. The van der Waals surface area contributed by atoms with E-state index in [1.807, 2.05) is 18.2 Å². The number of likely N-dealkylation sites (N-methyl/N-ethyl adjacent to an activating group) is 1. The predicted octanol–water partition coefficient (Wildman–Crippen LogP) is 1.85. The second kappa shape index (κ2) is 4.44. The summed E-state index contributed by atoms with van der Waals surface area (Å²) in [6.07, 6.45) is 0. The lowest BCUT2D eigenvalue weighted by molar-refractivity contribution is -0.143. The summed E-state index contributed by atoms with van der Waals surface area (Å²) < 4.78 is 5.78. The van der Waals surface area contributed by atoms with Crippen LogP contribution in [0.15, 0.2) is 30.3 Å². The van der Waals surface area contributed by atoms with E-state index in [1.54, 1.807) is 32.9 Å². The smallest absolute Gasteiger partial charge is 0.273 e. The van der Waals surface area contributed by atoms with E-state index in [-0.39, 0.29) is 11.8 Å². The maximum Gasteiger partial charge on any atom is 0.273 e. The van der Waals surface area contributed by atoms with E-state index < -0.39 is 11.5 Å². The molecule has 1 saturated heterocycles. The molecular weight excluding hydrogens is 230 g/mol. The van der Waals surface area contributed by atoms with Crippen LogP contribution in [0.5, 0.6) is 5.75 Å². The fourth-order valence-corrected chi connectivity index (χ4v) is 2.19. The standard InChI is InChI=1S/C14H17NO3/c1-4-15-12(16)10(2)14(3,13(15)17)18-11-8-6-5-7-9-11/h5-10H,4H2,1-3H3. The molecule has 0 aromatic heterocycles. The van der Waals surface area contributed by atoms with E-state index in [9.17, 15) is 9.59 Å². The number of ether oxygens (including phenoxy) is 1. The quantitative estimate of drug-likeness (QED) is 0.766. The Kier molecular flexibility index (Phi) is 3.11. The van der Waals surface area contributed by atoms with Crippen LogP contribution in [-0.4, -0.2) is 28.9 Å². The topological polar surface area (TPSA) is 46.6 Å². The molecule has 0 radical (unpaired) electrons. The van der Waals surface area contributed by atoms with Gasteiger partial charge in [-0.2, -0.15) is 0 Å². The normalized spacial score (nSPS) is 27.7. The van der Waals surface area contributed by atoms with Crippen molar-refractivity contribution in [3.05, 3.63) is 30.3 Å². The Hall–Kier alpha value is -1.84. The molecule has 1 fully saturated rings. The molecule has 0 saturated carbocycles. The van der Waals surface area contributed by atoms with Crippen molar-refractivity contribution < 1.29 is 14.3 Å². The van der Waals surface area contributed by atoms with Gasteiger partial charge in [-0.25, -0.2) is 0 Å². The van der Waals surface area contributed by atoms with Gasteiger partial charge in [-0.05, 0) is 32.9 Å². The van der Waals surface area contributed by atoms with Gasteiger partial charge >= 0.3 is 0 Å². The fraction of sp³-hybridized carbons (Fsp3) is 0.429. The van der Waals surface area contributed by atoms with Gasteiger partial charge in [0, 0.05) is 6.54 Å². The van der Waals surface area contributed by atoms with Gasteiger partial charge in [-0.3, -0.25) is 14.5 Å². The zero-order valence-corrected chi connectivity index (χ0v) is 10.8. The van der Waals surface area contributed by atoms with Crippen molar-refractivity contribution in [2.75, 3.05) is 6.54 Å². The number of hydrogen-bond acceptors (Lipinski definition) is 3. The van der Waals surface area contributed by atoms with Gasteiger partial charge in [0.2, 0.25) is 5.91 Å². The summed E-state index contributed by atoms with van der Waals surface area (Å²) >= 11 is 0. The molecule has 2 amide bonds. The van der Waals surface area contributed by atoms with Gasteiger partial charge in [0.25, 0.3) is 5.91 Å². The summed E-state index contributed by atoms with van der Waals surface area (Å²) in [4.78, 5) is 25.5. The van der Waals surface area contributed by atoms with Gasteiger partial charge in [0.05, 0.1) is 5.92 Å². The van der Waals surface area contributed by atoms with Crippen molar-refractivity contribution in [2.45, 2.75) is 26.4 Å². The molecule has 2 atom stereocenters. The highest BCUT2D eigenvalue weighted by Gasteiger charge is 2.56. The number of amides is 2. The molecule has 1 aliphatic rings. The summed E-state index contributed by atoms with van der Waals surface area (Å²) in [5, 5.41) is 0. The van der Waals surface area contributed by atoms with Crippen molar-refractivity contribution in [1.82, 2.24) is 4.90 Å². The Bertz CT molecular complexity index is 471. The first-order valence-corrected chi connectivity index (χ1v) is 6.10. The summed E-state index contributed by atoms with van der Waals surface area (Å²) in [5.74, 6) is -0.289. The summed E-state index contributed by atoms with van der Waals surface area (Å²) in [5.41, 5.74) is -1.10. The van der Waals surface area contributed by atoms with Crippen LogP contribution < -0.4 is 4.74 Å². The third kappa shape index (κ3) is 1.78. The highest BCUT2D eigenvalue weighted by molar-refractivity contribution is 6.08. The van der Waals surface area contributed by atoms with E-state index in [1.165, 1.54) is 4.90 Å². The lowest BCUT2D eigenvalue weighted by Gasteiger charge is -2.26. The van der Waals surface area contributed by atoms with E-state index >= 15 is 0 Å². The minimum atomic E-state index is -1.10. The Balaban J connectivity index is 2.31. The van der Waals surface area contributed by atoms with Gasteiger partial charge in [0.15, 0.2) is 5.60 Å². The Morgan fingerprint density at radius 3 is 2.39 bits per heavy atom. The van der Waals surface area contributed by atoms with E-state index in [0.717, 1.165) is 0 Å². The minimum Gasteiger partial charge on any atom is -0.477 e. The predicted molar refractivity (Wildman–Crippen MR) is 67.0 cm³/mol. The molecule has 18 heavy (non-hydrogen) atoms. The van der Waals surface area contributed by atoms with Crippen molar-refractivity contribution in [3.63, 3.8) is 0 Å². The lowest BCUT2D eigenvalue weighted by atomic mass is 9.93. The van der Waals surface area contributed by atoms with Crippen LogP contribution in [0.1, 0.15) is 20.8 Å². The highest BCUT2D eigenvalue weighted by atomic mass is 16.5. The summed E-state index contributed by atoms with van der Waals surface area (Å²) in [6, 6.07) is 9.11. The molecule has 0 spiro atoms. The Morgan fingerprint density at radius 2 is 1.89 bits per heavy atom. The van der Waals surface area contributed by atoms with Crippen LogP contribution in [0.25, 0.3) is 0 Å². The molecule has 0 N–H and O–H groups in total. The van der Waals surface area contributed by atoms with Crippen LogP contribution in [0, 0.1) is 5.92 Å². The van der Waals surface area contributed by atoms with Crippen molar-refractivity contribution in [1.29, 1.82) is 0 Å². The first-order chi connectivity index (χ1) is 8.50. The number of imide groups is 1. The van der Waals surface area contributed by atoms with E-state index in [2.05, 4.69) is 0 Å². The number of rotatable bonds is 3. The zero-order valence-electron chi connectivity index (χ0n) is 10.8. The number of para-hydroxylation sites is 1. The second-order valence-electron chi connectivity index (χ2n) is 4.63. The van der Waals surface area contributed by atoms with Crippen molar-refractivity contribution in [2.24, 2.45) is 5.92 Å². The molecular formula is C14H17NO3. The summed E-state index contributed by atoms with van der Waals surface area (Å²) in [6.45, 7) is 5.59. The van der Waals surface area contributed by atoms with E-state index in [4.69, 9.17) is 4.74 Å². The van der Waals surface area contributed by atoms with Crippen LogP contribution in [0.4, 0.5) is 0 Å². The molecule has 2 unspecified atom stereocenters. The molecule has 0 aliphatic carbocycles. The van der Waals surface area contributed by atoms with Gasteiger partial charge in [0.1, 0.15) is 5.75 Å². The first-order valence-electron chi connectivity index (χ1n) is 6.10. The number of nitrogens with zero attached hydrogens (tertiary/aromatic N) is 1. The number of likely N-dealkylation sites (tertiary alicyclic amines) is 1. The van der Waals surface area contributed by atoms with E-state index in [0.29, 0.717) is 12.3 Å². The molecule has 1 aliphatic heterocycles. The Morgan fingerprint density at radius 1 is 1.28 bits per heavy atom. The van der Waals surface area contributed by atoms with Crippen LogP contribution >= 0.6 is 0 Å². The third-order valence-corrected chi connectivity index (χ3v) is 3.52. The Labute approximate surface area is 107 Å². The number of carbonyl (C=O) groups excluding carboxylic acids is 2. The SMILES string of the molecule is CCN1C(=O)C(C)C(C)(Oc2ccccc2)C1=O. The third-order valence-electron chi connectivity index (χ3n) is 3.52. The number of benzene rings is 1. The van der Waals surface area contributed by atoms with Gasteiger partial charge in [-0.15, -0.1) is 0 Å². The highest BCUT2D eigenvalue weighted by Crippen LogP contribution is 2.34. The first kappa shape index (κ1) is 12.6. The van der Waals surface area contributed by atoms with Crippen LogP contribution in [0.3, 0.4) is 0 Å². The largest absolute Gasteiger partial charge is 0.477 e. The molecule has 1 heterocycles. The molecule has 1 aromatic rings. The maximum atomic E-state index is 12.3. The van der Waals surface area contributed by atoms with Crippen LogP contribution in [-0.2, 0) is 9.59 Å². The fourth-order valence-electron chi connectivity index (χ4n) is 2.19. The maximum absolute atomic E-state index is 12.3. The molecule has 4 heteroatoms. The average molecular weight is 247 g/mol. The second-order valence-corrected chi connectivity index (χ2v) is 4.63.